The standard InChI is InChI=1S/C23H24F2N6O4S/c1-13-6-26-23(27-7-13)31-8-14-10-34-11-15(9-31)20(14)35-22-19(25)21(28-12-29-22)30-18-4-3-16(5-17(18)24)36(2,32)33/h3-7,12,14-15,20H,8-11H2,1-2H3,(H,28,29,30). The van der Waals surface area contributed by atoms with Crippen LogP contribution in [0.2, 0.25) is 0 Å². The number of anilines is 3. The lowest BCUT2D eigenvalue weighted by Gasteiger charge is -2.46. The molecule has 2 aliphatic rings. The van der Waals surface area contributed by atoms with E-state index in [0.29, 0.717) is 32.3 Å². The number of sulfone groups is 1. The number of piperidine rings is 1. The Labute approximate surface area is 206 Å². The van der Waals surface area contributed by atoms with E-state index < -0.39 is 21.5 Å². The van der Waals surface area contributed by atoms with Crippen LogP contribution in [0.3, 0.4) is 0 Å². The molecule has 2 saturated heterocycles. The number of hydrogen-bond acceptors (Lipinski definition) is 10. The zero-order chi connectivity index (χ0) is 25.4. The van der Waals surface area contributed by atoms with Gasteiger partial charge in [0.1, 0.15) is 18.2 Å². The number of ether oxygens (including phenoxy) is 2. The van der Waals surface area contributed by atoms with E-state index in [1.807, 2.05) is 6.92 Å². The summed E-state index contributed by atoms with van der Waals surface area (Å²) in [6.45, 7) is 3.92. The predicted octanol–water partition coefficient (Wildman–Crippen LogP) is 2.53. The lowest BCUT2D eigenvalue weighted by molar-refractivity contribution is -0.0780. The molecule has 2 fully saturated rings. The molecule has 3 aromatic rings. The number of rotatable bonds is 6. The van der Waals surface area contributed by atoms with Crippen LogP contribution in [0.5, 0.6) is 5.88 Å². The second-order valence-corrected chi connectivity index (χ2v) is 11.0. The van der Waals surface area contributed by atoms with Crippen molar-refractivity contribution in [3.05, 3.63) is 54.1 Å². The van der Waals surface area contributed by atoms with Gasteiger partial charge in [0, 0.05) is 43.6 Å². The van der Waals surface area contributed by atoms with Crippen molar-refractivity contribution in [2.24, 2.45) is 11.8 Å². The molecule has 4 heterocycles. The second kappa shape index (κ2) is 9.54. The first-order valence-electron chi connectivity index (χ1n) is 11.2. The molecule has 1 N–H and O–H groups in total. The zero-order valence-electron chi connectivity index (χ0n) is 19.6. The van der Waals surface area contributed by atoms with Crippen LogP contribution in [0.15, 0.2) is 41.8 Å². The summed E-state index contributed by atoms with van der Waals surface area (Å²) >= 11 is 0. The van der Waals surface area contributed by atoms with Crippen molar-refractivity contribution in [2.45, 2.75) is 17.9 Å². The van der Waals surface area contributed by atoms with Gasteiger partial charge >= 0.3 is 0 Å². The van der Waals surface area contributed by atoms with Crippen molar-refractivity contribution >= 4 is 27.3 Å². The molecular weight excluding hydrogens is 494 g/mol. The van der Waals surface area contributed by atoms with E-state index in [2.05, 4.69) is 30.2 Å². The van der Waals surface area contributed by atoms with Crippen LogP contribution in [0.1, 0.15) is 5.56 Å². The second-order valence-electron chi connectivity index (χ2n) is 8.99. The summed E-state index contributed by atoms with van der Waals surface area (Å²) in [5.74, 6) is -1.83. The molecule has 0 amide bonds. The molecule has 0 saturated carbocycles. The molecule has 0 aliphatic carbocycles. The SMILES string of the molecule is Cc1cnc(N2CC3COCC(C2)C3Oc2ncnc(Nc3ccc(S(C)(=O)=O)cc3F)c2F)nc1. The summed E-state index contributed by atoms with van der Waals surface area (Å²) < 4.78 is 64.8. The number of aromatic nitrogens is 4. The molecule has 2 aliphatic heterocycles. The van der Waals surface area contributed by atoms with Crippen molar-refractivity contribution in [3.8, 4) is 5.88 Å². The highest BCUT2D eigenvalue weighted by molar-refractivity contribution is 7.90. The Morgan fingerprint density at radius 1 is 1.08 bits per heavy atom. The lowest BCUT2D eigenvalue weighted by Crippen LogP contribution is -2.58. The van der Waals surface area contributed by atoms with Gasteiger partial charge in [-0.1, -0.05) is 0 Å². The van der Waals surface area contributed by atoms with E-state index in [-0.39, 0.29) is 40.2 Å². The molecule has 0 spiro atoms. The van der Waals surface area contributed by atoms with Gasteiger partial charge in [-0.2, -0.15) is 9.37 Å². The summed E-state index contributed by atoms with van der Waals surface area (Å²) in [5.41, 5.74) is 0.831. The van der Waals surface area contributed by atoms with Crippen molar-refractivity contribution in [2.75, 3.05) is 42.8 Å². The smallest absolute Gasteiger partial charge is 0.256 e. The van der Waals surface area contributed by atoms with Gasteiger partial charge in [-0.3, -0.25) is 0 Å². The van der Waals surface area contributed by atoms with E-state index in [0.717, 1.165) is 24.2 Å². The number of fused-ring (bicyclic) bond motifs is 2. The number of hydrogen-bond donors (Lipinski definition) is 1. The minimum absolute atomic E-state index is 0.0749. The van der Waals surface area contributed by atoms with Crippen molar-refractivity contribution in [3.63, 3.8) is 0 Å². The molecule has 190 valence electrons. The Morgan fingerprint density at radius 3 is 2.42 bits per heavy atom. The average molecular weight is 519 g/mol. The van der Waals surface area contributed by atoms with Gasteiger partial charge in [0.05, 0.1) is 23.8 Å². The summed E-state index contributed by atoms with van der Waals surface area (Å²) in [6.07, 6.45) is 5.26. The molecule has 13 heteroatoms. The highest BCUT2D eigenvalue weighted by atomic mass is 32.2. The van der Waals surface area contributed by atoms with Gasteiger partial charge in [0.2, 0.25) is 11.8 Å². The van der Waals surface area contributed by atoms with Crippen LogP contribution in [0.25, 0.3) is 0 Å². The highest BCUT2D eigenvalue weighted by Gasteiger charge is 2.43. The Bertz CT molecular complexity index is 1360. The first kappa shape index (κ1) is 24.3. The first-order chi connectivity index (χ1) is 17.2. The van der Waals surface area contributed by atoms with Crippen molar-refractivity contribution < 1.29 is 26.7 Å². The van der Waals surface area contributed by atoms with Crippen LogP contribution in [-0.4, -0.2) is 67.0 Å². The minimum Gasteiger partial charge on any atom is -0.471 e. The van der Waals surface area contributed by atoms with E-state index in [9.17, 15) is 12.8 Å². The van der Waals surface area contributed by atoms with Crippen molar-refractivity contribution in [1.82, 2.24) is 19.9 Å². The summed E-state index contributed by atoms with van der Waals surface area (Å²) in [4.78, 5) is 18.5. The predicted molar refractivity (Wildman–Crippen MR) is 126 cm³/mol. The molecule has 36 heavy (non-hydrogen) atoms. The molecule has 2 aromatic heterocycles. The third-order valence-corrected chi connectivity index (χ3v) is 7.29. The number of nitrogens with zero attached hydrogens (tertiary/aromatic N) is 5. The molecule has 2 unspecified atom stereocenters. The van der Waals surface area contributed by atoms with Gasteiger partial charge in [0.15, 0.2) is 15.7 Å². The van der Waals surface area contributed by atoms with Gasteiger partial charge in [-0.25, -0.2) is 27.8 Å². The lowest BCUT2D eigenvalue weighted by atomic mass is 9.84. The van der Waals surface area contributed by atoms with E-state index in [4.69, 9.17) is 9.47 Å². The zero-order valence-corrected chi connectivity index (χ0v) is 20.4. The Balaban J connectivity index is 1.33. The fraction of sp³-hybridized carbons (Fsp3) is 0.391. The maximum absolute atomic E-state index is 15.3. The van der Waals surface area contributed by atoms with Gasteiger partial charge in [-0.05, 0) is 30.7 Å². The molecule has 1 aromatic carbocycles. The molecule has 5 rings (SSSR count). The van der Waals surface area contributed by atoms with Crippen LogP contribution < -0.4 is 15.0 Å². The number of aryl methyl sites for hydroxylation is 1. The average Bonchev–Trinajstić information content (AvgIpc) is 2.82. The monoisotopic (exact) mass is 518 g/mol. The topological polar surface area (TPSA) is 119 Å². The third kappa shape index (κ3) is 4.93. The quantitative estimate of drug-likeness (QED) is 0.521. The Morgan fingerprint density at radius 2 is 1.78 bits per heavy atom. The van der Waals surface area contributed by atoms with E-state index >= 15 is 4.39 Å². The van der Waals surface area contributed by atoms with Gasteiger partial charge in [0.25, 0.3) is 5.88 Å². The van der Waals surface area contributed by atoms with E-state index in [1.165, 1.54) is 12.1 Å². The number of benzene rings is 1. The fourth-order valence-electron chi connectivity index (χ4n) is 4.41. The molecule has 2 bridgehead atoms. The third-order valence-electron chi connectivity index (χ3n) is 6.18. The van der Waals surface area contributed by atoms with Gasteiger partial charge < -0.3 is 19.7 Å². The van der Waals surface area contributed by atoms with Crippen LogP contribution >= 0.6 is 0 Å². The molecule has 10 nitrogen and oxygen atoms in total. The maximum Gasteiger partial charge on any atom is 0.256 e. The van der Waals surface area contributed by atoms with Crippen LogP contribution in [0, 0.1) is 30.4 Å². The first-order valence-corrected chi connectivity index (χ1v) is 13.1. The number of halogens is 2. The van der Waals surface area contributed by atoms with Gasteiger partial charge in [-0.15, -0.1) is 0 Å². The molecule has 0 radical (unpaired) electrons. The fourth-order valence-corrected chi connectivity index (χ4v) is 5.04. The summed E-state index contributed by atoms with van der Waals surface area (Å²) in [5, 5.41) is 2.55. The minimum atomic E-state index is -3.59. The normalized spacial score (nSPS) is 21.8. The van der Waals surface area contributed by atoms with Crippen LogP contribution in [-0.2, 0) is 14.6 Å². The summed E-state index contributed by atoms with van der Waals surface area (Å²) in [7, 11) is -3.59. The Hall–Kier alpha value is -3.45. The van der Waals surface area contributed by atoms with Crippen molar-refractivity contribution in [1.29, 1.82) is 0 Å². The molecule has 2 atom stereocenters. The summed E-state index contributed by atoms with van der Waals surface area (Å²) in [6, 6.07) is 3.29. The van der Waals surface area contributed by atoms with E-state index in [1.54, 1.807) is 12.4 Å². The number of nitrogens with one attached hydrogen (secondary N) is 1. The largest absolute Gasteiger partial charge is 0.471 e. The Kier molecular flexibility index (Phi) is 6.43. The van der Waals surface area contributed by atoms with Crippen LogP contribution in [0.4, 0.5) is 26.2 Å². The maximum atomic E-state index is 15.3. The highest BCUT2D eigenvalue weighted by Crippen LogP contribution is 2.34. The molecular formula is C23H24F2N6O4S.